The Morgan fingerprint density at radius 2 is 1.57 bits per heavy atom. The molecule has 1 aromatic heterocycles. The molecule has 3 rings (SSSR count). The van der Waals surface area contributed by atoms with Gasteiger partial charge >= 0.3 is 5.97 Å². The lowest BCUT2D eigenvalue weighted by Gasteiger charge is -2.14. The van der Waals surface area contributed by atoms with Gasteiger partial charge in [-0.05, 0) is 50.1 Å². The largest absolute Gasteiger partial charge is 0.420 e. The number of alkyl halides is 3. The van der Waals surface area contributed by atoms with Gasteiger partial charge in [-0.2, -0.15) is 0 Å². The first-order chi connectivity index (χ1) is 10.8. The topological polar surface area (TPSA) is 52.1 Å². The Labute approximate surface area is 162 Å². The molecule has 0 saturated carbocycles. The van der Waals surface area contributed by atoms with Gasteiger partial charge in [-0.1, -0.05) is 46.9 Å². The minimum absolute atomic E-state index is 0.137. The zero-order chi connectivity index (χ0) is 16.8. The van der Waals surface area contributed by atoms with Crippen molar-refractivity contribution in [1.29, 1.82) is 0 Å². The van der Waals surface area contributed by atoms with Crippen LogP contribution < -0.4 is 4.74 Å². The van der Waals surface area contributed by atoms with Crippen molar-refractivity contribution in [3.05, 3.63) is 39.3 Å². The number of ether oxygens (including phenoxy) is 1. The summed E-state index contributed by atoms with van der Waals surface area (Å²) in [6, 6.07) is 9.02. The highest BCUT2D eigenvalue weighted by molar-refractivity contribution is 9.11. The molecule has 3 aromatic rings. The first kappa shape index (κ1) is 17.2. The Kier molecular flexibility index (Phi) is 4.73. The van der Waals surface area contributed by atoms with E-state index in [0.717, 1.165) is 0 Å². The normalized spacial score (nSPS) is 11.9. The number of nitrogens with zero attached hydrogens (tertiary/aromatic N) is 2. The molecule has 0 unspecified atom stereocenters. The van der Waals surface area contributed by atoms with Crippen LogP contribution >= 0.6 is 66.7 Å². The van der Waals surface area contributed by atoms with Gasteiger partial charge in [0.15, 0.2) is 5.75 Å². The van der Waals surface area contributed by atoms with Gasteiger partial charge in [0.2, 0.25) is 0 Å². The summed E-state index contributed by atoms with van der Waals surface area (Å²) in [6.07, 6.45) is 0. The predicted molar refractivity (Wildman–Crippen MR) is 98.4 cm³/mol. The van der Waals surface area contributed by atoms with Crippen LogP contribution in [0.1, 0.15) is 0 Å². The minimum atomic E-state index is -2.19. The molecule has 118 valence electrons. The molecule has 2 aromatic carbocycles. The van der Waals surface area contributed by atoms with Gasteiger partial charge in [-0.25, -0.2) is 14.8 Å². The van der Waals surface area contributed by atoms with E-state index in [9.17, 15) is 4.79 Å². The molecule has 0 fully saturated rings. The number of carbonyl (C=O) groups excluding carboxylic acids is 1. The second kappa shape index (κ2) is 6.33. The fourth-order valence-electron chi connectivity index (χ4n) is 1.93. The van der Waals surface area contributed by atoms with Crippen LogP contribution in [0.15, 0.2) is 39.3 Å². The Bertz CT molecular complexity index is 945. The number of para-hydroxylation sites is 2. The molecule has 0 N–H and O–H groups in total. The number of halogens is 5. The standard InChI is InChI=1S/C14H5Br2Cl3N2O2/c15-6-5-7(16)12(23-13(22)14(17,18)19)11-10(6)20-8-3-1-2-4-9(8)21-11/h1-5H. The summed E-state index contributed by atoms with van der Waals surface area (Å²) >= 11 is 23.4. The molecule has 1 heterocycles. The smallest absolute Gasteiger partial charge is 0.364 e. The maximum Gasteiger partial charge on any atom is 0.364 e. The number of rotatable bonds is 1. The molecular formula is C14H5Br2Cl3N2O2. The average Bonchev–Trinajstić information content (AvgIpc) is 2.48. The molecule has 0 bridgehead atoms. The average molecular weight is 499 g/mol. The van der Waals surface area contributed by atoms with Crippen LogP contribution in [0.4, 0.5) is 0 Å². The maximum absolute atomic E-state index is 11.9. The number of aromatic nitrogens is 2. The van der Waals surface area contributed by atoms with Gasteiger partial charge in [0.05, 0.1) is 15.5 Å². The molecule has 0 atom stereocenters. The lowest BCUT2D eigenvalue weighted by molar-refractivity contribution is -0.133. The Morgan fingerprint density at radius 3 is 2.13 bits per heavy atom. The molecule has 0 radical (unpaired) electrons. The zero-order valence-electron chi connectivity index (χ0n) is 11.0. The Morgan fingerprint density at radius 1 is 1.00 bits per heavy atom. The molecule has 9 heteroatoms. The van der Waals surface area contributed by atoms with E-state index in [4.69, 9.17) is 39.5 Å². The second-order valence-electron chi connectivity index (χ2n) is 4.47. The zero-order valence-corrected chi connectivity index (χ0v) is 16.4. The molecule has 0 spiro atoms. The molecule has 0 saturated heterocycles. The van der Waals surface area contributed by atoms with Crippen LogP contribution in [-0.2, 0) is 4.79 Å². The van der Waals surface area contributed by atoms with Gasteiger partial charge in [-0.3, -0.25) is 0 Å². The molecular weight excluding hydrogens is 494 g/mol. The maximum atomic E-state index is 11.9. The third kappa shape index (κ3) is 3.42. The van der Waals surface area contributed by atoms with E-state index in [0.29, 0.717) is 31.0 Å². The highest BCUT2D eigenvalue weighted by atomic mass is 79.9. The lowest BCUT2D eigenvalue weighted by atomic mass is 10.2. The second-order valence-corrected chi connectivity index (χ2v) is 8.46. The minimum Gasteiger partial charge on any atom is -0.420 e. The Hall–Kier alpha value is -0.660. The van der Waals surface area contributed by atoms with Gasteiger partial charge in [0, 0.05) is 4.47 Å². The molecule has 4 nitrogen and oxygen atoms in total. The van der Waals surface area contributed by atoms with Crippen LogP contribution in [-0.4, -0.2) is 19.7 Å². The molecule has 23 heavy (non-hydrogen) atoms. The summed E-state index contributed by atoms with van der Waals surface area (Å²) in [5.41, 5.74) is 2.25. The summed E-state index contributed by atoms with van der Waals surface area (Å²) in [5, 5.41) is 0. The highest BCUT2D eigenvalue weighted by Gasteiger charge is 2.34. The van der Waals surface area contributed by atoms with Crippen molar-refractivity contribution in [2.24, 2.45) is 0 Å². The first-order valence-corrected chi connectivity index (χ1v) is 8.83. The predicted octanol–water partition coefficient (Wildman–Crippen LogP) is 5.58. The number of benzene rings is 2. The summed E-state index contributed by atoms with van der Waals surface area (Å²) in [7, 11) is 0. The SMILES string of the molecule is O=C(Oc1c(Br)cc(Br)c2nc3ccccc3nc12)C(Cl)(Cl)Cl. The van der Waals surface area contributed by atoms with E-state index in [1.54, 1.807) is 12.1 Å². The van der Waals surface area contributed by atoms with Crippen LogP contribution in [0.2, 0.25) is 0 Å². The van der Waals surface area contributed by atoms with E-state index in [1.807, 2.05) is 18.2 Å². The molecule has 0 amide bonds. The number of carbonyl (C=O) groups is 1. The number of fused-ring (bicyclic) bond motifs is 2. The summed E-state index contributed by atoms with van der Waals surface area (Å²) in [6.45, 7) is 0. The highest BCUT2D eigenvalue weighted by Crippen LogP contribution is 2.39. The van der Waals surface area contributed by atoms with Crippen molar-refractivity contribution in [2.75, 3.05) is 0 Å². The number of hydrogen-bond donors (Lipinski definition) is 0. The third-order valence-electron chi connectivity index (χ3n) is 2.91. The Balaban J connectivity index is 2.28. The van der Waals surface area contributed by atoms with Gasteiger partial charge in [0.25, 0.3) is 3.79 Å². The van der Waals surface area contributed by atoms with Crippen LogP contribution in [0, 0.1) is 0 Å². The van der Waals surface area contributed by atoms with Crippen molar-refractivity contribution in [3.63, 3.8) is 0 Å². The van der Waals surface area contributed by atoms with Gasteiger partial charge in [0.1, 0.15) is 11.0 Å². The quantitative estimate of drug-likeness (QED) is 0.190. The van der Waals surface area contributed by atoms with E-state index < -0.39 is 9.76 Å². The van der Waals surface area contributed by atoms with Crippen molar-refractivity contribution < 1.29 is 9.53 Å². The lowest BCUT2D eigenvalue weighted by Crippen LogP contribution is -2.25. The fourth-order valence-corrected chi connectivity index (χ4v) is 3.36. The van der Waals surface area contributed by atoms with Crippen LogP contribution in [0.5, 0.6) is 5.75 Å². The van der Waals surface area contributed by atoms with E-state index in [2.05, 4.69) is 41.8 Å². The van der Waals surface area contributed by atoms with Crippen LogP contribution in [0.3, 0.4) is 0 Å². The summed E-state index contributed by atoms with van der Waals surface area (Å²) in [5.74, 6) is -0.889. The summed E-state index contributed by atoms with van der Waals surface area (Å²) in [4.78, 5) is 20.9. The van der Waals surface area contributed by atoms with Crippen molar-refractivity contribution in [3.8, 4) is 5.75 Å². The van der Waals surface area contributed by atoms with E-state index >= 15 is 0 Å². The molecule has 0 aliphatic rings. The van der Waals surface area contributed by atoms with Crippen LogP contribution in [0.25, 0.3) is 22.1 Å². The van der Waals surface area contributed by atoms with E-state index in [-0.39, 0.29) is 5.75 Å². The number of hydrogen-bond acceptors (Lipinski definition) is 4. The number of esters is 1. The van der Waals surface area contributed by atoms with Gasteiger partial charge in [-0.15, -0.1) is 0 Å². The van der Waals surface area contributed by atoms with Crippen molar-refractivity contribution in [2.45, 2.75) is 3.79 Å². The monoisotopic (exact) mass is 496 g/mol. The van der Waals surface area contributed by atoms with Crippen molar-refractivity contribution >= 4 is 94.7 Å². The molecule has 0 aliphatic heterocycles. The van der Waals surface area contributed by atoms with Gasteiger partial charge < -0.3 is 4.74 Å². The first-order valence-electron chi connectivity index (χ1n) is 6.11. The fraction of sp³-hybridized carbons (Fsp3) is 0.0714. The third-order valence-corrected chi connectivity index (χ3v) is 4.56. The van der Waals surface area contributed by atoms with Crippen molar-refractivity contribution in [1.82, 2.24) is 9.97 Å². The molecule has 0 aliphatic carbocycles. The summed E-state index contributed by atoms with van der Waals surface area (Å²) < 4.78 is 4.19. The van der Waals surface area contributed by atoms with E-state index in [1.165, 1.54) is 0 Å².